The fourth-order valence-corrected chi connectivity index (χ4v) is 3.27. The van der Waals surface area contributed by atoms with Crippen molar-refractivity contribution in [3.05, 3.63) is 0 Å². The number of piperidine rings is 1. The second-order valence-electron chi connectivity index (χ2n) is 6.57. The van der Waals surface area contributed by atoms with E-state index in [0.717, 1.165) is 13.1 Å². The van der Waals surface area contributed by atoms with Gasteiger partial charge in [-0.1, -0.05) is 13.8 Å². The van der Waals surface area contributed by atoms with Crippen LogP contribution in [0.4, 0.5) is 0 Å². The van der Waals surface area contributed by atoms with E-state index in [2.05, 4.69) is 37.9 Å². The Balaban J connectivity index is 1.90. The topological polar surface area (TPSA) is 24.5 Å². The summed E-state index contributed by atoms with van der Waals surface area (Å²) in [7, 11) is 0. The number of morpholine rings is 1. The van der Waals surface area contributed by atoms with E-state index in [1.54, 1.807) is 0 Å². The summed E-state index contributed by atoms with van der Waals surface area (Å²) in [6.07, 6.45) is 3.43. The van der Waals surface area contributed by atoms with Crippen molar-refractivity contribution in [1.29, 1.82) is 0 Å². The van der Waals surface area contributed by atoms with Crippen LogP contribution in [0.3, 0.4) is 0 Å². The van der Waals surface area contributed by atoms with Crippen LogP contribution in [0.25, 0.3) is 0 Å². The first-order valence-electron chi connectivity index (χ1n) is 7.08. The monoisotopic (exact) mass is 240 g/mol. The Morgan fingerprint density at radius 1 is 1.24 bits per heavy atom. The second-order valence-corrected chi connectivity index (χ2v) is 6.57. The van der Waals surface area contributed by atoms with Gasteiger partial charge in [-0.3, -0.25) is 4.90 Å². The van der Waals surface area contributed by atoms with E-state index in [-0.39, 0.29) is 0 Å². The van der Waals surface area contributed by atoms with Gasteiger partial charge in [0, 0.05) is 25.7 Å². The van der Waals surface area contributed by atoms with Gasteiger partial charge in [-0.25, -0.2) is 0 Å². The highest BCUT2D eigenvalue weighted by Gasteiger charge is 2.34. The number of nitrogens with one attached hydrogen (secondary N) is 1. The molecule has 0 aromatic rings. The zero-order chi connectivity index (χ0) is 12.5. The Labute approximate surface area is 106 Å². The van der Waals surface area contributed by atoms with Crippen LogP contribution in [0.5, 0.6) is 0 Å². The van der Waals surface area contributed by atoms with Crippen LogP contribution < -0.4 is 5.32 Å². The third kappa shape index (κ3) is 3.43. The Morgan fingerprint density at radius 2 is 1.88 bits per heavy atom. The summed E-state index contributed by atoms with van der Waals surface area (Å²) >= 11 is 0. The molecule has 1 N–H and O–H groups in total. The predicted octanol–water partition coefficient (Wildman–Crippen LogP) is 1.87. The van der Waals surface area contributed by atoms with Gasteiger partial charge < -0.3 is 10.1 Å². The van der Waals surface area contributed by atoms with Crippen molar-refractivity contribution in [2.24, 2.45) is 5.41 Å². The molecule has 3 nitrogen and oxygen atoms in total. The number of rotatable bonds is 2. The largest absolute Gasteiger partial charge is 0.373 e. The molecule has 0 saturated carbocycles. The average Bonchev–Trinajstić information content (AvgIpc) is 2.19. The van der Waals surface area contributed by atoms with Crippen molar-refractivity contribution in [2.75, 3.05) is 26.2 Å². The van der Waals surface area contributed by atoms with Crippen LogP contribution in [0, 0.1) is 5.41 Å². The van der Waals surface area contributed by atoms with Crippen molar-refractivity contribution in [3.63, 3.8) is 0 Å². The van der Waals surface area contributed by atoms with Crippen LogP contribution in [0.1, 0.15) is 40.5 Å². The highest BCUT2D eigenvalue weighted by molar-refractivity contribution is 4.91. The van der Waals surface area contributed by atoms with E-state index in [1.807, 2.05) is 0 Å². The number of ether oxygens (including phenoxy) is 1. The van der Waals surface area contributed by atoms with Crippen LogP contribution in [0.2, 0.25) is 0 Å². The molecule has 0 spiro atoms. The van der Waals surface area contributed by atoms with Crippen molar-refractivity contribution >= 4 is 0 Å². The van der Waals surface area contributed by atoms with E-state index in [9.17, 15) is 0 Å². The predicted molar refractivity (Wildman–Crippen MR) is 71.3 cm³/mol. The van der Waals surface area contributed by atoms with E-state index < -0.39 is 0 Å². The fraction of sp³-hybridized carbons (Fsp3) is 1.00. The second kappa shape index (κ2) is 5.25. The van der Waals surface area contributed by atoms with Gasteiger partial charge in [-0.2, -0.15) is 0 Å². The average molecular weight is 240 g/mol. The first-order chi connectivity index (χ1) is 7.97. The Hall–Kier alpha value is -0.120. The number of nitrogens with zero attached hydrogens (tertiary/aromatic N) is 1. The third-order valence-electron chi connectivity index (χ3n) is 4.27. The zero-order valence-electron chi connectivity index (χ0n) is 11.8. The lowest BCUT2D eigenvalue weighted by atomic mass is 9.77. The Morgan fingerprint density at radius 3 is 2.47 bits per heavy atom. The third-order valence-corrected chi connectivity index (χ3v) is 4.27. The molecule has 2 saturated heterocycles. The van der Waals surface area contributed by atoms with Gasteiger partial charge in [0.05, 0.1) is 12.2 Å². The maximum Gasteiger partial charge on any atom is 0.0678 e. The van der Waals surface area contributed by atoms with Gasteiger partial charge in [0.2, 0.25) is 0 Å². The lowest BCUT2D eigenvalue weighted by Crippen LogP contribution is -2.56. The first kappa shape index (κ1) is 13.3. The molecule has 2 aliphatic rings. The minimum Gasteiger partial charge on any atom is -0.373 e. The summed E-state index contributed by atoms with van der Waals surface area (Å²) in [5, 5.41) is 3.70. The van der Waals surface area contributed by atoms with Crippen molar-refractivity contribution in [1.82, 2.24) is 10.2 Å². The van der Waals surface area contributed by atoms with Crippen LogP contribution in [0.15, 0.2) is 0 Å². The van der Waals surface area contributed by atoms with Crippen LogP contribution in [-0.4, -0.2) is 49.3 Å². The minimum absolute atomic E-state index is 0.380. The lowest BCUT2D eigenvalue weighted by Gasteiger charge is -2.44. The molecule has 2 fully saturated rings. The molecule has 0 bridgehead atoms. The summed E-state index contributed by atoms with van der Waals surface area (Å²) in [6, 6.07) is 0.633. The highest BCUT2D eigenvalue weighted by atomic mass is 16.5. The van der Waals surface area contributed by atoms with Gasteiger partial charge in [0.1, 0.15) is 0 Å². The van der Waals surface area contributed by atoms with E-state index in [1.165, 1.54) is 25.9 Å². The van der Waals surface area contributed by atoms with E-state index >= 15 is 0 Å². The van der Waals surface area contributed by atoms with Gasteiger partial charge in [0.15, 0.2) is 0 Å². The molecule has 17 heavy (non-hydrogen) atoms. The molecule has 2 heterocycles. The first-order valence-corrected chi connectivity index (χ1v) is 7.08. The Bertz CT molecular complexity index is 245. The van der Waals surface area contributed by atoms with Crippen molar-refractivity contribution < 1.29 is 4.74 Å². The molecular weight excluding hydrogens is 212 g/mol. The Kier molecular flexibility index (Phi) is 4.11. The molecule has 2 aliphatic heterocycles. The molecule has 100 valence electrons. The van der Waals surface area contributed by atoms with Crippen LogP contribution in [-0.2, 0) is 4.74 Å². The van der Waals surface area contributed by atoms with E-state index in [4.69, 9.17) is 4.74 Å². The smallest absolute Gasteiger partial charge is 0.0678 e. The SMILES string of the molecule is C[C@@H]1CN(CC2NCCCC2(C)C)C[C@H](C)O1. The summed E-state index contributed by atoms with van der Waals surface area (Å²) in [5.74, 6) is 0. The molecular formula is C14H28N2O. The zero-order valence-corrected chi connectivity index (χ0v) is 11.8. The van der Waals surface area contributed by atoms with Crippen LogP contribution >= 0.6 is 0 Å². The van der Waals surface area contributed by atoms with Gasteiger partial charge in [-0.15, -0.1) is 0 Å². The van der Waals surface area contributed by atoms with Crippen molar-refractivity contribution in [3.8, 4) is 0 Å². The number of hydrogen-bond acceptors (Lipinski definition) is 3. The summed E-state index contributed by atoms with van der Waals surface area (Å²) < 4.78 is 5.80. The molecule has 2 rings (SSSR count). The van der Waals surface area contributed by atoms with Crippen molar-refractivity contribution in [2.45, 2.75) is 58.8 Å². The molecule has 1 unspecified atom stereocenters. The molecule has 0 aliphatic carbocycles. The summed E-state index contributed by atoms with van der Waals surface area (Å²) in [5.41, 5.74) is 0.434. The minimum atomic E-state index is 0.380. The summed E-state index contributed by atoms with van der Waals surface area (Å²) in [6.45, 7) is 13.7. The molecule has 3 heteroatoms. The molecule has 0 aromatic carbocycles. The maximum absolute atomic E-state index is 5.80. The van der Waals surface area contributed by atoms with Gasteiger partial charge >= 0.3 is 0 Å². The quantitative estimate of drug-likeness (QED) is 0.797. The fourth-order valence-electron chi connectivity index (χ4n) is 3.27. The van der Waals surface area contributed by atoms with Gasteiger partial charge in [-0.05, 0) is 38.6 Å². The lowest BCUT2D eigenvalue weighted by molar-refractivity contribution is -0.0739. The molecule has 3 atom stereocenters. The normalized spacial score (nSPS) is 39.2. The maximum atomic E-state index is 5.80. The molecule has 0 amide bonds. The van der Waals surface area contributed by atoms with Gasteiger partial charge in [0.25, 0.3) is 0 Å². The molecule has 0 aromatic heterocycles. The van der Waals surface area contributed by atoms with E-state index in [0.29, 0.717) is 23.7 Å². The highest BCUT2D eigenvalue weighted by Crippen LogP contribution is 2.30. The number of hydrogen-bond donors (Lipinski definition) is 1. The summed E-state index contributed by atoms with van der Waals surface area (Å²) in [4.78, 5) is 2.57. The molecule has 0 radical (unpaired) electrons. The standard InChI is InChI=1S/C14H28N2O/c1-11-8-16(9-12(2)17-11)10-13-14(3,4)6-5-7-15-13/h11-13,15H,5-10H2,1-4H3/t11-,12+,13?.